The van der Waals surface area contributed by atoms with E-state index in [9.17, 15) is 13.2 Å². The minimum atomic E-state index is -3.86. The van der Waals surface area contributed by atoms with E-state index in [0.29, 0.717) is 5.56 Å². The summed E-state index contributed by atoms with van der Waals surface area (Å²) >= 11 is 0. The van der Waals surface area contributed by atoms with E-state index >= 15 is 0 Å². The van der Waals surface area contributed by atoms with E-state index in [-0.39, 0.29) is 30.2 Å². The molecule has 0 fully saturated rings. The van der Waals surface area contributed by atoms with Crippen LogP contribution >= 0.6 is 0 Å². The molecule has 0 heterocycles. The number of benzene rings is 1. The lowest BCUT2D eigenvalue weighted by Crippen LogP contribution is -2.33. The number of aliphatic hydroxyl groups is 1. The average molecular weight is 299 g/mol. The van der Waals surface area contributed by atoms with Crippen molar-refractivity contribution >= 4 is 16.0 Å². The van der Waals surface area contributed by atoms with Crippen molar-refractivity contribution in [2.24, 2.45) is 0 Å². The van der Waals surface area contributed by atoms with Crippen molar-refractivity contribution in [2.45, 2.75) is 11.8 Å². The summed E-state index contributed by atoms with van der Waals surface area (Å²) < 4.78 is 25.8. The fourth-order valence-electron chi connectivity index (χ4n) is 1.71. The van der Waals surface area contributed by atoms with E-state index < -0.39 is 16.0 Å². The van der Waals surface area contributed by atoms with Crippen LogP contribution in [0.3, 0.4) is 0 Å². The van der Waals surface area contributed by atoms with Gasteiger partial charge in [0.25, 0.3) is 0 Å². The van der Waals surface area contributed by atoms with Crippen LogP contribution in [0.25, 0.3) is 0 Å². The van der Waals surface area contributed by atoms with Crippen molar-refractivity contribution in [1.82, 2.24) is 4.31 Å². The van der Waals surface area contributed by atoms with Gasteiger partial charge in [0.2, 0.25) is 10.0 Å². The molecular formula is C13H17NO5S. The first kappa shape index (κ1) is 16.4. The molecule has 0 saturated carbocycles. The molecule has 0 radical (unpaired) electrons. The molecule has 0 spiro atoms. The predicted octanol–water partition coefficient (Wildman–Crippen LogP) is 0.862. The van der Waals surface area contributed by atoms with Gasteiger partial charge in [0.05, 0.1) is 17.1 Å². The van der Waals surface area contributed by atoms with E-state index in [4.69, 9.17) is 10.2 Å². The largest absolute Gasteiger partial charge is 0.478 e. The zero-order valence-corrected chi connectivity index (χ0v) is 11.9. The molecule has 0 aliphatic carbocycles. The number of carboxylic acids is 1. The van der Waals surface area contributed by atoms with Gasteiger partial charge >= 0.3 is 5.97 Å². The quantitative estimate of drug-likeness (QED) is 0.728. The molecule has 0 saturated heterocycles. The SMILES string of the molecule is C=CCN(CCO)S(=O)(=O)c1ccc(C)c(C(=O)O)c1. The minimum Gasteiger partial charge on any atom is -0.478 e. The Bertz CT molecular complexity index is 609. The van der Waals surface area contributed by atoms with Gasteiger partial charge in [-0.25, -0.2) is 13.2 Å². The smallest absolute Gasteiger partial charge is 0.335 e. The van der Waals surface area contributed by atoms with E-state index in [1.807, 2.05) is 0 Å². The Morgan fingerprint density at radius 1 is 1.45 bits per heavy atom. The van der Waals surface area contributed by atoms with E-state index in [0.717, 1.165) is 10.4 Å². The van der Waals surface area contributed by atoms with Crippen molar-refractivity contribution < 1.29 is 23.4 Å². The molecule has 110 valence electrons. The standard InChI is InChI=1S/C13H17NO5S/c1-3-6-14(7-8-15)20(18,19)11-5-4-10(2)12(9-11)13(16)17/h3-5,9,15H,1,6-8H2,2H3,(H,16,17). The van der Waals surface area contributed by atoms with Gasteiger partial charge in [0, 0.05) is 13.1 Å². The molecule has 20 heavy (non-hydrogen) atoms. The minimum absolute atomic E-state index is 0.0408. The Hall–Kier alpha value is -1.70. The molecule has 2 N–H and O–H groups in total. The fraction of sp³-hybridized carbons (Fsp3) is 0.308. The lowest BCUT2D eigenvalue weighted by Gasteiger charge is -2.20. The number of nitrogens with zero attached hydrogens (tertiary/aromatic N) is 1. The summed E-state index contributed by atoms with van der Waals surface area (Å²) in [4.78, 5) is 10.9. The fourth-order valence-corrected chi connectivity index (χ4v) is 3.13. The molecule has 0 aromatic heterocycles. The predicted molar refractivity (Wildman–Crippen MR) is 74.2 cm³/mol. The third kappa shape index (κ3) is 3.44. The number of carbonyl (C=O) groups is 1. The summed E-state index contributed by atoms with van der Waals surface area (Å²) in [7, 11) is -3.86. The lowest BCUT2D eigenvalue weighted by molar-refractivity contribution is 0.0696. The van der Waals surface area contributed by atoms with Crippen LogP contribution in [0.15, 0.2) is 35.7 Å². The van der Waals surface area contributed by atoms with E-state index in [1.165, 1.54) is 18.2 Å². The first-order chi connectivity index (χ1) is 9.34. The van der Waals surface area contributed by atoms with Gasteiger partial charge in [-0.2, -0.15) is 4.31 Å². The summed E-state index contributed by atoms with van der Waals surface area (Å²) in [6.07, 6.45) is 1.40. The molecule has 0 bridgehead atoms. The van der Waals surface area contributed by atoms with Crippen LogP contribution in [0.5, 0.6) is 0 Å². The third-order valence-corrected chi connectivity index (χ3v) is 4.62. The number of aromatic carboxylic acids is 1. The van der Waals surface area contributed by atoms with Crippen LogP contribution in [0.2, 0.25) is 0 Å². The Labute approximate surface area is 118 Å². The number of carboxylic acid groups (broad SMARTS) is 1. The summed E-state index contributed by atoms with van der Waals surface area (Å²) in [6.45, 7) is 4.69. The van der Waals surface area contributed by atoms with Crippen molar-refractivity contribution in [3.05, 3.63) is 42.0 Å². The highest BCUT2D eigenvalue weighted by atomic mass is 32.2. The number of sulfonamides is 1. The lowest BCUT2D eigenvalue weighted by atomic mass is 10.1. The van der Waals surface area contributed by atoms with Crippen molar-refractivity contribution in [2.75, 3.05) is 19.7 Å². The van der Waals surface area contributed by atoms with Gasteiger partial charge < -0.3 is 10.2 Å². The topological polar surface area (TPSA) is 94.9 Å². The monoisotopic (exact) mass is 299 g/mol. The van der Waals surface area contributed by atoms with Crippen LogP contribution in [-0.4, -0.2) is 48.6 Å². The van der Waals surface area contributed by atoms with E-state index in [1.54, 1.807) is 6.92 Å². The molecule has 1 aromatic carbocycles. The Kier molecular flexibility index (Phi) is 5.43. The van der Waals surface area contributed by atoms with Crippen molar-refractivity contribution in [1.29, 1.82) is 0 Å². The van der Waals surface area contributed by atoms with Crippen LogP contribution in [0, 0.1) is 6.92 Å². The highest BCUT2D eigenvalue weighted by molar-refractivity contribution is 7.89. The maximum absolute atomic E-state index is 12.4. The van der Waals surface area contributed by atoms with Crippen LogP contribution < -0.4 is 0 Å². The molecule has 6 nitrogen and oxygen atoms in total. The van der Waals surface area contributed by atoms with Gasteiger partial charge in [0.15, 0.2) is 0 Å². The second kappa shape index (κ2) is 6.65. The molecular weight excluding hydrogens is 282 g/mol. The maximum Gasteiger partial charge on any atom is 0.335 e. The Balaban J connectivity index is 3.30. The second-order valence-electron chi connectivity index (χ2n) is 4.16. The van der Waals surface area contributed by atoms with Crippen LogP contribution in [0.1, 0.15) is 15.9 Å². The highest BCUT2D eigenvalue weighted by Crippen LogP contribution is 2.19. The maximum atomic E-state index is 12.4. The molecule has 0 unspecified atom stereocenters. The second-order valence-corrected chi connectivity index (χ2v) is 6.10. The van der Waals surface area contributed by atoms with Crippen molar-refractivity contribution in [3.63, 3.8) is 0 Å². The van der Waals surface area contributed by atoms with Crippen LogP contribution in [0.4, 0.5) is 0 Å². The number of aliphatic hydroxyl groups excluding tert-OH is 1. The molecule has 0 amide bonds. The number of rotatable bonds is 7. The van der Waals surface area contributed by atoms with Crippen molar-refractivity contribution in [3.8, 4) is 0 Å². The Morgan fingerprint density at radius 2 is 2.10 bits per heavy atom. The molecule has 1 rings (SSSR count). The third-order valence-electron chi connectivity index (χ3n) is 2.76. The number of hydrogen-bond acceptors (Lipinski definition) is 4. The van der Waals surface area contributed by atoms with Gasteiger partial charge in [-0.1, -0.05) is 12.1 Å². The first-order valence-corrected chi connectivity index (χ1v) is 7.34. The first-order valence-electron chi connectivity index (χ1n) is 5.90. The van der Waals surface area contributed by atoms with Gasteiger partial charge in [-0.15, -0.1) is 6.58 Å². The molecule has 0 atom stereocenters. The summed E-state index contributed by atoms with van der Waals surface area (Å²) in [5.74, 6) is -1.18. The van der Waals surface area contributed by atoms with Gasteiger partial charge in [0.1, 0.15) is 0 Å². The zero-order chi connectivity index (χ0) is 15.3. The van der Waals surface area contributed by atoms with Gasteiger partial charge in [-0.3, -0.25) is 0 Å². The normalized spacial score (nSPS) is 11.6. The summed E-state index contributed by atoms with van der Waals surface area (Å²) in [5.41, 5.74) is 0.419. The number of hydrogen-bond donors (Lipinski definition) is 2. The number of aryl methyl sites for hydroxylation is 1. The van der Waals surface area contributed by atoms with Crippen LogP contribution in [-0.2, 0) is 10.0 Å². The van der Waals surface area contributed by atoms with E-state index in [2.05, 4.69) is 6.58 Å². The molecule has 0 aliphatic heterocycles. The molecule has 7 heteroatoms. The summed E-state index contributed by atoms with van der Waals surface area (Å²) in [5, 5.41) is 18.0. The highest BCUT2D eigenvalue weighted by Gasteiger charge is 2.24. The molecule has 1 aromatic rings. The van der Waals surface area contributed by atoms with Gasteiger partial charge in [-0.05, 0) is 24.6 Å². The Morgan fingerprint density at radius 3 is 2.60 bits per heavy atom. The molecule has 0 aliphatic rings. The summed E-state index contributed by atoms with van der Waals surface area (Å²) in [6, 6.07) is 3.92. The average Bonchev–Trinajstić information content (AvgIpc) is 2.38. The zero-order valence-electron chi connectivity index (χ0n) is 11.1.